The smallest absolute Gasteiger partial charge is 0.243 e. The molecule has 8 heteroatoms. The second-order valence-corrected chi connectivity index (χ2v) is 8.79. The molecule has 26 heavy (non-hydrogen) atoms. The summed E-state index contributed by atoms with van der Waals surface area (Å²) in [6.07, 6.45) is 6.42. The molecule has 0 saturated carbocycles. The lowest BCUT2D eigenvalue weighted by Gasteiger charge is -2.16. The van der Waals surface area contributed by atoms with Gasteiger partial charge in [-0.05, 0) is 55.7 Å². The molecular weight excluding hydrogens is 370 g/mol. The van der Waals surface area contributed by atoms with Gasteiger partial charge in [-0.25, -0.2) is 8.42 Å². The van der Waals surface area contributed by atoms with Gasteiger partial charge in [0, 0.05) is 25.2 Å². The number of nitrogens with zero attached hydrogens (tertiary/aromatic N) is 1. The van der Waals surface area contributed by atoms with E-state index in [1.807, 2.05) is 0 Å². The fourth-order valence-corrected chi connectivity index (χ4v) is 4.60. The number of anilines is 1. The van der Waals surface area contributed by atoms with Crippen molar-refractivity contribution in [2.45, 2.75) is 56.8 Å². The van der Waals surface area contributed by atoms with Crippen LogP contribution in [-0.2, 0) is 14.8 Å². The molecule has 1 heterocycles. The van der Waals surface area contributed by atoms with E-state index in [9.17, 15) is 13.2 Å². The molecule has 1 aromatic rings. The lowest BCUT2D eigenvalue weighted by molar-refractivity contribution is -0.119. The highest BCUT2D eigenvalue weighted by molar-refractivity contribution is 7.89. The predicted molar refractivity (Wildman–Crippen MR) is 108 cm³/mol. The summed E-state index contributed by atoms with van der Waals surface area (Å²) in [5.41, 5.74) is 0.640. The highest BCUT2D eigenvalue weighted by atomic mass is 32.2. The van der Waals surface area contributed by atoms with Crippen molar-refractivity contribution in [2.75, 3.05) is 18.4 Å². The van der Waals surface area contributed by atoms with Crippen LogP contribution >= 0.6 is 12.2 Å². The number of unbranched alkanes of at least 4 members (excludes halogenated alkanes) is 3. The molecule has 0 unspecified atom stereocenters. The Labute approximate surface area is 161 Å². The topological polar surface area (TPSA) is 78.5 Å². The third-order valence-electron chi connectivity index (χ3n) is 4.33. The van der Waals surface area contributed by atoms with E-state index >= 15 is 0 Å². The van der Waals surface area contributed by atoms with Crippen LogP contribution in [0.15, 0.2) is 29.2 Å². The van der Waals surface area contributed by atoms with Gasteiger partial charge in [-0.1, -0.05) is 26.2 Å². The number of thiocarbonyl (C=S) groups is 1. The first kappa shape index (κ1) is 20.8. The molecule has 1 aliphatic heterocycles. The van der Waals surface area contributed by atoms with Gasteiger partial charge >= 0.3 is 0 Å². The normalized spacial score (nSPS) is 15.0. The molecule has 0 spiro atoms. The average molecular weight is 398 g/mol. The van der Waals surface area contributed by atoms with Crippen molar-refractivity contribution in [1.82, 2.24) is 9.62 Å². The lowest BCUT2D eigenvalue weighted by atomic mass is 10.1. The zero-order valence-corrected chi connectivity index (χ0v) is 16.8. The highest BCUT2D eigenvalue weighted by Gasteiger charge is 2.26. The molecular formula is C18H27N3O3S2. The van der Waals surface area contributed by atoms with Crippen molar-refractivity contribution in [3.8, 4) is 0 Å². The number of hydrogen-bond donors (Lipinski definition) is 2. The van der Waals surface area contributed by atoms with Gasteiger partial charge in [0.1, 0.15) is 0 Å². The Kier molecular flexibility index (Phi) is 7.99. The molecule has 0 aromatic heterocycles. The Hall–Kier alpha value is -1.51. The molecule has 0 radical (unpaired) electrons. The Bertz CT molecular complexity index is 712. The minimum Gasteiger partial charge on any atom is -0.332 e. The first-order chi connectivity index (χ1) is 12.4. The molecule has 144 valence electrons. The molecule has 2 N–H and O–H groups in total. The Morgan fingerprint density at radius 3 is 2.38 bits per heavy atom. The van der Waals surface area contributed by atoms with Crippen molar-refractivity contribution in [3.63, 3.8) is 0 Å². The van der Waals surface area contributed by atoms with Crippen LogP contribution in [0, 0.1) is 0 Å². The molecule has 0 aliphatic carbocycles. The van der Waals surface area contributed by atoms with Crippen LogP contribution < -0.4 is 10.6 Å². The van der Waals surface area contributed by atoms with Gasteiger partial charge in [-0.15, -0.1) is 0 Å². The van der Waals surface area contributed by atoms with Gasteiger partial charge in [-0.2, -0.15) is 4.31 Å². The summed E-state index contributed by atoms with van der Waals surface area (Å²) in [6.45, 7) is 3.29. The molecule has 1 saturated heterocycles. The molecule has 1 amide bonds. The van der Waals surface area contributed by atoms with Crippen LogP contribution in [0.2, 0.25) is 0 Å². The maximum absolute atomic E-state index is 12.5. The highest BCUT2D eigenvalue weighted by Crippen LogP contribution is 2.22. The first-order valence-corrected chi connectivity index (χ1v) is 11.0. The number of carbonyl (C=O) groups is 1. The van der Waals surface area contributed by atoms with E-state index in [-0.39, 0.29) is 15.9 Å². The van der Waals surface area contributed by atoms with Crippen LogP contribution in [0.4, 0.5) is 5.69 Å². The SMILES string of the molecule is CCCCCCC(=O)NC(=S)Nc1ccc(S(=O)(=O)N2CCCC2)cc1. The largest absolute Gasteiger partial charge is 0.332 e. The number of nitrogens with one attached hydrogen (secondary N) is 2. The summed E-state index contributed by atoms with van der Waals surface area (Å²) in [4.78, 5) is 12.1. The third kappa shape index (κ3) is 6.03. The van der Waals surface area contributed by atoms with E-state index in [0.717, 1.165) is 38.5 Å². The summed E-state index contributed by atoms with van der Waals surface area (Å²) in [5.74, 6) is -0.105. The first-order valence-electron chi connectivity index (χ1n) is 9.14. The van der Waals surface area contributed by atoms with Crippen LogP contribution in [0.3, 0.4) is 0 Å². The molecule has 0 atom stereocenters. The summed E-state index contributed by atoms with van der Waals surface area (Å²) in [5, 5.41) is 5.79. The van der Waals surface area contributed by atoms with Gasteiger partial charge < -0.3 is 10.6 Å². The number of benzene rings is 1. The molecule has 1 aromatic carbocycles. The Morgan fingerprint density at radius 1 is 1.12 bits per heavy atom. The predicted octanol–water partition coefficient (Wildman–Crippen LogP) is 3.25. The zero-order chi connectivity index (χ0) is 19.0. The second-order valence-electron chi connectivity index (χ2n) is 6.45. The van der Waals surface area contributed by atoms with E-state index in [1.165, 1.54) is 4.31 Å². The zero-order valence-electron chi connectivity index (χ0n) is 15.2. The van der Waals surface area contributed by atoms with E-state index in [2.05, 4.69) is 17.6 Å². The lowest BCUT2D eigenvalue weighted by Crippen LogP contribution is -2.33. The maximum Gasteiger partial charge on any atom is 0.243 e. The van der Waals surface area contributed by atoms with E-state index in [0.29, 0.717) is 25.2 Å². The minimum atomic E-state index is -3.42. The molecule has 1 fully saturated rings. The van der Waals surface area contributed by atoms with Crippen molar-refractivity contribution in [3.05, 3.63) is 24.3 Å². The van der Waals surface area contributed by atoms with E-state index in [1.54, 1.807) is 24.3 Å². The van der Waals surface area contributed by atoms with Gasteiger partial charge in [0.15, 0.2) is 5.11 Å². The van der Waals surface area contributed by atoms with Gasteiger partial charge in [0.2, 0.25) is 15.9 Å². The van der Waals surface area contributed by atoms with E-state index in [4.69, 9.17) is 12.2 Å². The van der Waals surface area contributed by atoms with Crippen molar-refractivity contribution in [1.29, 1.82) is 0 Å². The number of hydrogen-bond acceptors (Lipinski definition) is 4. The fourth-order valence-electron chi connectivity index (χ4n) is 2.85. The summed E-state index contributed by atoms with van der Waals surface area (Å²) >= 11 is 5.14. The number of carbonyl (C=O) groups excluding carboxylic acids is 1. The Morgan fingerprint density at radius 2 is 1.77 bits per heavy atom. The van der Waals surface area contributed by atoms with Crippen LogP contribution in [0.5, 0.6) is 0 Å². The monoisotopic (exact) mass is 397 g/mol. The summed E-state index contributed by atoms with van der Waals surface area (Å²) in [7, 11) is -3.42. The van der Waals surface area contributed by atoms with Gasteiger partial charge in [0.05, 0.1) is 4.90 Å². The molecule has 0 bridgehead atoms. The summed E-state index contributed by atoms with van der Waals surface area (Å²) < 4.78 is 26.5. The van der Waals surface area contributed by atoms with Crippen LogP contribution in [0.1, 0.15) is 51.9 Å². The van der Waals surface area contributed by atoms with Crippen molar-refractivity contribution >= 4 is 38.9 Å². The van der Waals surface area contributed by atoms with Crippen molar-refractivity contribution < 1.29 is 13.2 Å². The van der Waals surface area contributed by atoms with Gasteiger partial charge in [-0.3, -0.25) is 4.79 Å². The quantitative estimate of drug-likeness (QED) is 0.520. The average Bonchev–Trinajstić information content (AvgIpc) is 3.14. The van der Waals surface area contributed by atoms with Crippen LogP contribution in [0.25, 0.3) is 0 Å². The third-order valence-corrected chi connectivity index (χ3v) is 6.44. The summed E-state index contributed by atoms with van der Waals surface area (Å²) in [6, 6.07) is 6.43. The number of sulfonamides is 1. The molecule has 2 rings (SSSR count). The van der Waals surface area contributed by atoms with Crippen LogP contribution in [-0.4, -0.2) is 36.8 Å². The minimum absolute atomic E-state index is 0.105. The molecule has 1 aliphatic rings. The number of amides is 1. The van der Waals surface area contributed by atoms with Gasteiger partial charge in [0.25, 0.3) is 0 Å². The maximum atomic E-state index is 12.5. The molecule has 6 nitrogen and oxygen atoms in total. The Balaban J connectivity index is 1.84. The number of rotatable bonds is 8. The van der Waals surface area contributed by atoms with Crippen molar-refractivity contribution in [2.24, 2.45) is 0 Å². The fraction of sp³-hybridized carbons (Fsp3) is 0.556. The van der Waals surface area contributed by atoms with E-state index < -0.39 is 10.0 Å². The standard InChI is InChI=1S/C18H27N3O3S2/c1-2-3-4-5-8-17(22)20-18(25)19-15-9-11-16(12-10-15)26(23,24)21-13-6-7-14-21/h9-12H,2-8,13-14H2,1H3,(H2,19,20,22,25). The second kappa shape index (κ2) is 9.99.